The summed E-state index contributed by atoms with van der Waals surface area (Å²) in [6.07, 6.45) is 1.25. The Bertz CT molecular complexity index is 899. The molecular weight excluding hydrogens is 420 g/mol. The summed E-state index contributed by atoms with van der Waals surface area (Å²) in [5.41, 5.74) is 1.45. The van der Waals surface area contributed by atoms with Crippen LogP contribution in [-0.2, 0) is 11.3 Å². The molecule has 0 radical (unpaired) electrons. The van der Waals surface area contributed by atoms with Gasteiger partial charge in [-0.25, -0.2) is 0 Å². The fourth-order valence-corrected chi connectivity index (χ4v) is 3.82. The SMILES string of the molecule is COc1cc(CNC(=O)C2CCN(C(=O)c3ccc(Cl)cc3)CC2)cc(OC)c1OC. The highest BCUT2D eigenvalue weighted by Gasteiger charge is 2.27. The maximum atomic E-state index is 12.7. The number of nitrogens with zero attached hydrogens (tertiary/aromatic N) is 1. The van der Waals surface area contributed by atoms with Crippen molar-refractivity contribution in [2.75, 3.05) is 34.4 Å². The minimum Gasteiger partial charge on any atom is -0.493 e. The molecule has 0 aromatic heterocycles. The maximum Gasteiger partial charge on any atom is 0.253 e. The molecule has 31 heavy (non-hydrogen) atoms. The van der Waals surface area contributed by atoms with E-state index in [-0.39, 0.29) is 17.7 Å². The van der Waals surface area contributed by atoms with Crippen molar-refractivity contribution in [3.05, 3.63) is 52.5 Å². The molecule has 1 N–H and O–H groups in total. The second kappa shape index (κ2) is 10.4. The molecule has 166 valence electrons. The van der Waals surface area contributed by atoms with Crippen LogP contribution in [-0.4, -0.2) is 51.1 Å². The molecule has 1 aliphatic rings. The van der Waals surface area contributed by atoms with Gasteiger partial charge in [0, 0.05) is 36.1 Å². The van der Waals surface area contributed by atoms with Gasteiger partial charge in [-0.15, -0.1) is 0 Å². The van der Waals surface area contributed by atoms with Gasteiger partial charge < -0.3 is 24.4 Å². The van der Waals surface area contributed by atoms with Crippen molar-refractivity contribution in [1.82, 2.24) is 10.2 Å². The minimum absolute atomic E-state index is 0.0210. The summed E-state index contributed by atoms with van der Waals surface area (Å²) < 4.78 is 16.0. The summed E-state index contributed by atoms with van der Waals surface area (Å²) in [5, 5.41) is 3.58. The summed E-state index contributed by atoms with van der Waals surface area (Å²) in [6.45, 7) is 1.44. The van der Waals surface area contributed by atoms with Gasteiger partial charge in [0.2, 0.25) is 11.7 Å². The fourth-order valence-electron chi connectivity index (χ4n) is 3.69. The third-order valence-electron chi connectivity index (χ3n) is 5.44. The number of likely N-dealkylation sites (tertiary alicyclic amines) is 1. The number of methoxy groups -OCH3 is 3. The number of ether oxygens (including phenoxy) is 3. The Morgan fingerprint density at radius 3 is 2.10 bits per heavy atom. The summed E-state index contributed by atoms with van der Waals surface area (Å²) in [5.74, 6) is 1.41. The van der Waals surface area contributed by atoms with Crippen LogP contribution in [0.2, 0.25) is 5.02 Å². The van der Waals surface area contributed by atoms with Gasteiger partial charge in [-0.3, -0.25) is 9.59 Å². The molecule has 1 aliphatic heterocycles. The number of hydrogen-bond acceptors (Lipinski definition) is 5. The molecule has 1 fully saturated rings. The number of piperidine rings is 1. The average molecular weight is 447 g/mol. The van der Waals surface area contributed by atoms with E-state index in [1.54, 1.807) is 50.5 Å². The first-order valence-electron chi connectivity index (χ1n) is 10.1. The highest BCUT2D eigenvalue weighted by Crippen LogP contribution is 2.38. The van der Waals surface area contributed by atoms with Crippen molar-refractivity contribution in [3.63, 3.8) is 0 Å². The van der Waals surface area contributed by atoms with Crippen molar-refractivity contribution in [2.45, 2.75) is 19.4 Å². The summed E-state index contributed by atoms with van der Waals surface area (Å²) in [7, 11) is 4.66. The van der Waals surface area contributed by atoms with Gasteiger partial charge in [-0.1, -0.05) is 11.6 Å². The Hall–Kier alpha value is -2.93. The van der Waals surface area contributed by atoms with E-state index < -0.39 is 0 Å². The van der Waals surface area contributed by atoms with Crippen LogP contribution >= 0.6 is 11.6 Å². The number of benzene rings is 2. The summed E-state index contributed by atoms with van der Waals surface area (Å²) in [4.78, 5) is 27.1. The monoisotopic (exact) mass is 446 g/mol. The van der Waals surface area contributed by atoms with Crippen molar-refractivity contribution >= 4 is 23.4 Å². The second-order valence-electron chi connectivity index (χ2n) is 7.32. The Labute approximate surface area is 187 Å². The van der Waals surface area contributed by atoms with Crippen LogP contribution in [0.15, 0.2) is 36.4 Å². The second-order valence-corrected chi connectivity index (χ2v) is 7.76. The lowest BCUT2D eigenvalue weighted by Gasteiger charge is -2.31. The van der Waals surface area contributed by atoms with Gasteiger partial charge >= 0.3 is 0 Å². The Kier molecular flexibility index (Phi) is 7.63. The number of nitrogens with one attached hydrogen (secondary N) is 1. The van der Waals surface area contributed by atoms with E-state index in [0.29, 0.717) is 60.3 Å². The molecule has 2 amide bonds. The Morgan fingerprint density at radius 1 is 1.00 bits per heavy atom. The molecule has 0 bridgehead atoms. The zero-order valence-corrected chi connectivity index (χ0v) is 18.7. The molecule has 2 aromatic carbocycles. The molecule has 0 atom stereocenters. The standard InChI is InChI=1S/C23H27ClN2O5/c1-29-19-12-15(13-20(30-2)21(19)31-3)14-25-22(27)16-8-10-26(11-9-16)23(28)17-4-6-18(24)7-5-17/h4-7,12-13,16H,8-11,14H2,1-3H3,(H,25,27). The Morgan fingerprint density at radius 2 is 1.58 bits per heavy atom. The van der Waals surface area contributed by atoms with Crippen molar-refractivity contribution in [1.29, 1.82) is 0 Å². The number of hydrogen-bond donors (Lipinski definition) is 1. The topological polar surface area (TPSA) is 77.1 Å². The molecule has 7 nitrogen and oxygen atoms in total. The molecule has 0 unspecified atom stereocenters. The van der Waals surface area contributed by atoms with E-state index in [4.69, 9.17) is 25.8 Å². The van der Waals surface area contributed by atoms with Crippen LogP contribution in [0.5, 0.6) is 17.2 Å². The van der Waals surface area contributed by atoms with E-state index >= 15 is 0 Å². The van der Waals surface area contributed by atoms with Crippen molar-refractivity contribution in [2.24, 2.45) is 5.92 Å². The molecule has 0 spiro atoms. The maximum absolute atomic E-state index is 12.7. The van der Waals surface area contributed by atoms with Gasteiger partial charge in [0.15, 0.2) is 11.5 Å². The van der Waals surface area contributed by atoms with Crippen LogP contribution in [0.3, 0.4) is 0 Å². The number of carbonyl (C=O) groups excluding carboxylic acids is 2. The lowest BCUT2D eigenvalue weighted by atomic mass is 9.95. The predicted octanol–water partition coefficient (Wildman–Crippen LogP) is 3.53. The first kappa shape index (κ1) is 22.7. The predicted molar refractivity (Wildman–Crippen MR) is 118 cm³/mol. The molecule has 0 aliphatic carbocycles. The lowest BCUT2D eigenvalue weighted by molar-refractivity contribution is -0.126. The van der Waals surface area contributed by atoms with E-state index in [9.17, 15) is 9.59 Å². The molecule has 1 saturated heterocycles. The third-order valence-corrected chi connectivity index (χ3v) is 5.69. The average Bonchev–Trinajstić information content (AvgIpc) is 2.81. The van der Waals surface area contributed by atoms with Gasteiger partial charge in [0.05, 0.1) is 21.3 Å². The van der Waals surface area contributed by atoms with Gasteiger partial charge in [0.25, 0.3) is 5.91 Å². The fraction of sp³-hybridized carbons (Fsp3) is 0.391. The largest absolute Gasteiger partial charge is 0.493 e. The first-order valence-corrected chi connectivity index (χ1v) is 10.5. The molecule has 2 aromatic rings. The molecule has 1 heterocycles. The van der Waals surface area contributed by atoms with Gasteiger partial charge in [-0.2, -0.15) is 0 Å². The quantitative estimate of drug-likeness (QED) is 0.704. The van der Waals surface area contributed by atoms with E-state index in [2.05, 4.69) is 5.32 Å². The van der Waals surface area contributed by atoms with Gasteiger partial charge in [-0.05, 0) is 54.8 Å². The highest BCUT2D eigenvalue weighted by molar-refractivity contribution is 6.30. The molecular formula is C23H27ClN2O5. The van der Waals surface area contributed by atoms with Crippen LogP contribution in [0, 0.1) is 5.92 Å². The summed E-state index contributed by atoms with van der Waals surface area (Å²) in [6, 6.07) is 10.5. The number of carbonyl (C=O) groups is 2. The molecule has 3 rings (SSSR count). The van der Waals surface area contributed by atoms with E-state index in [1.807, 2.05) is 12.1 Å². The van der Waals surface area contributed by atoms with E-state index in [1.165, 1.54) is 0 Å². The Balaban J connectivity index is 1.54. The first-order chi connectivity index (χ1) is 15.0. The smallest absolute Gasteiger partial charge is 0.253 e. The van der Waals surface area contributed by atoms with Crippen molar-refractivity contribution < 1.29 is 23.8 Å². The normalized spacial score (nSPS) is 14.1. The summed E-state index contributed by atoms with van der Waals surface area (Å²) >= 11 is 5.89. The van der Waals surface area contributed by atoms with Crippen LogP contribution < -0.4 is 19.5 Å². The third kappa shape index (κ3) is 5.41. The van der Waals surface area contributed by atoms with E-state index in [0.717, 1.165) is 5.56 Å². The number of rotatable bonds is 7. The lowest BCUT2D eigenvalue weighted by Crippen LogP contribution is -2.42. The van der Waals surface area contributed by atoms with Crippen LogP contribution in [0.25, 0.3) is 0 Å². The zero-order valence-electron chi connectivity index (χ0n) is 17.9. The zero-order chi connectivity index (χ0) is 22.4. The van der Waals surface area contributed by atoms with Crippen LogP contribution in [0.1, 0.15) is 28.8 Å². The molecule has 8 heteroatoms. The highest BCUT2D eigenvalue weighted by atomic mass is 35.5. The van der Waals surface area contributed by atoms with Crippen molar-refractivity contribution in [3.8, 4) is 17.2 Å². The molecule has 0 saturated carbocycles. The minimum atomic E-state index is -0.128. The number of amides is 2. The van der Waals surface area contributed by atoms with Crippen LogP contribution in [0.4, 0.5) is 0 Å². The van der Waals surface area contributed by atoms with Gasteiger partial charge in [0.1, 0.15) is 0 Å². The number of halogens is 1.